The summed E-state index contributed by atoms with van der Waals surface area (Å²) in [7, 11) is 1.36. The van der Waals surface area contributed by atoms with Crippen molar-refractivity contribution in [2.24, 2.45) is 0 Å². The zero-order chi connectivity index (χ0) is 15.2. The van der Waals surface area contributed by atoms with E-state index in [1.165, 1.54) is 9.21 Å². The van der Waals surface area contributed by atoms with E-state index in [2.05, 4.69) is 44.4 Å². The molecule has 22 heavy (non-hydrogen) atoms. The van der Waals surface area contributed by atoms with E-state index in [1.54, 1.807) is 11.3 Å². The van der Waals surface area contributed by atoms with Gasteiger partial charge >= 0.3 is 0 Å². The molecule has 0 N–H and O–H groups in total. The summed E-state index contributed by atoms with van der Waals surface area (Å²) in [5.74, 6) is 0.887. The monoisotopic (exact) mass is 443 g/mol. The lowest BCUT2D eigenvalue weighted by atomic mass is 10.2. The van der Waals surface area contributed by atoms with Crippen molar-refractivity contribution < 1.29 is 8.92 Å². The second kappa shape index (κ2) is 8.14. The van der Waals surface area contributed by atoms with E-state index in [4.69, 9.17) is 8.92 Å². The number of fused-ring (bicyclic) bond motifs is 1. The van der Waals surface area contributed by atoms with Gasteiger partial charge in [-0.05, 0) is 18.2 Å². The summed E-state index contributed by atoms with van der Waals surface area (Å²) in [5, 5.41) is 1.04. The molecule has 0 saturated heterocycles. The van der Waals surface area contributed by atoms with Crippen molar-refractivity contribution >= 4 is 52.0 Å². The molecular formula is C16H14INO2S2. The van der Waals surface area contributed by atoms with Crippen LogP contribution in [-0.2, 0) is 4.18 Å². The molecule has 0 unspecified atom stereocenters. The fraction of sp³-hybridized carbons (Fsp3) is 0.188. The van der Waals surface area contributed by atoms with Crippen LogP contribution >= 0.6 is 41.8 Å². The molecule has 1 aromatic heterocycles. The maximum Gasteiger partial charge on any atom is 0.124 e. The number of aromatic nitrogens is 1. The lowest BCUT2D eigenvalue weighted by molar-refractivity contribution is 0.269. The second-order valence-corrected chi connectivity index (χ2v) is 7.07. The summed E-state index contributed by atoms with van der Waals surface area (Å²) >= 11 is 3.81. The highest BCUT2D eigenvalue weighted by Crippen LogP contribution is 2.32. The van der Waals surface area contributed by atoms with Crippen LogP contribution in [0.4, 0.5) is 0 Å². The minimum atomic E-state index is 0.660. The Morgan fingerprint density at radius 2 is 1.95 bits per heavy atom. The highest BCUT2D eigenvalue weighted by atomic mass is 127. The summed E-state index contributed by atoms with van der Waals surface area (Å²) in [6, 6.07) is 16.3. The van der Waals surface area contributed by atoms with Crippen LogP contribution in [-0.4, -0.2) is 18.2 Å². The van der Waals surface area contributed by atoms with Crippen molar-refractivity contribution in [1.29, 1.82) is 0 Å². The van der Waals surface area contributed by atoms with E-state index in [0.29, 0.717) is 13.2 Å². The smallest absolute Gasteiger partial charge is 0.124 e. The van der Waals surface area contributed by atoms with E-state index >= 15 is 0 Å². The Hall–Kier alpha value is -0.830. The molecule has 0 saturated carbocycles. The SMILES string of the molecule is ISOCCCOc1ccc2nc(-c3ccccc3)sc2c1. The number of ether oxygens (including phenoxy) is 1. The minimum Gasteiger partial charge on any atom is -0.493 e. The van der Waals surface area contributed by atoms with E-state index in [9.17, 15) is 0 Å². The van der Waals surface area contributed by atoms with Crippen molar-refractivity contribution in [3.63, 3.8) is 0 Å². The van der Waals surface area contributed by atoms with Crippen LogP contribution in [0.5, 0.6) is 5.75 Å². The molecule has 0 amide bonds. The summed E-state index contributed by atoms with van der Waals surface area (Å²) in [4.78, 5) is 4.68. The van der Waals surface area contributed by atoms with Crippen LogP contribution in [0.2, 0.25) is 0 Å². The predicted octanol–water partition coefficient (Wildman–Crippen LogP) is 5.75. The summed E-state index contributed by atoms with van der Waals surface area (Å²) in [6.45, 7) is 1.36. The first-order valence-corrected chi connectivity index (χ1v) is 11.0. The van der Waals surface area contributed by atoms with Crippen LogP contribution in [0.1, 0.15) is 6.42 Å². The molecule has 3 rings (SSSR count). The molecule has 0 atom stereocenters. The van der Waals surface area contributed by atoms with Gasteiger partial charge in [-0.1, -0.05) is 30.3 Å². The minimum absolute atomic E-state index is 0.660. The number of halogens is 1. The van der Waals surface area contributed by atoms with E-state index in [-0.39, 0.29) is 0 Å². The number of hydrogen-bond donors (Lipinski definition) is 0. The topological polar surface area (TPSA) is 31.4 Å². The van der Waals surface area contributed by atoms with Crippen molar-refractivity contribution in [2.75, 3.05) is 13.2 Å². The van der Waals surface area contributed by atoms with E-state index < -0.39 is 0 Å². The highest BCUT2D eigenvalue weighted by molar-refractivity contribution is 14.2. The first-order chi connectivity index (χ1) is 10.9. The predicted molar refractivity (Wildman–Crippen MR) is 103 cm³/mol. The average Bonchev–Trinajstić information content (AvgIpc) is 2.99. The molecule has 0 spiro atoms. The van der Waals surface area contributed by atoms with Crippen LogP contribution in [0.3, 0.4) is 0 Å². The Kier molecular flexibility index (Phi) is 5.94. The first-order valence-electron chi connectivity index (χ1n) is 6.86. The van der Waals surface area contributed by atoms with Crippen LogP contribution in [0.25, 0.3) is 20.8 Å². The quantitative estimate of drug-likeness (QED) is 0.265. The fourth-order valence-corrected chi connectivity index (χ4v) is 3.76. The Morgan fingerprint density at radius 3 is 2.77 bits per heavy atom. The van der Waals surface area contributed by atoms with Gasteiger partial charge in [0.2, 0.25) is 0 Å². The van der Waals surface area contributed by atoms with Gasteiger partial charge in [0, 0.05) is 33.2 Å². The van der Waals surface area contributed by atoms with Gasteiger partial charge in [0.1, 0.15) is 10.8 Å². The van der Waals surface area contributed by atoms with Crippen molar-refractivity contribution in [2.45, 2.75) is 6.42 Å². The Morgan fingerprint density at radius 1 is 1.09 bits per heavy atom. The van der Waals surface area contributed by atoms with E-state index in [0.717, 1.165) is 33.0 Å². The molecule has 0 aliphatic carbocycles. The van der Waals surface area contributed by atoms with E-state index in [1.807, 2.05) is 30.3 Å². The third-order valence-electron chi connectivity index (χ3n) is 3.07. The largest absolute Gasteiger partial charge is 0.493 e. The number of benzene rings is 2. The molecule has 0 aliphatic heterocycles. The van der Waals surface area contributed by atoms with Crippen LogP contribution in [0.15, 0.2) is 48.5 Å². The van der Waals surface area contributed by atoms with Gasteiger partial charge in [0.05, 0.1) is 32.6 Å². The lowest BCUT2D eigenvalue weighted by Gasteiger charge is -2.05. The Bertz CT molecular complexity index is 733. The average molecular weight is 443 g/mol. The van der Waals surface area contributed by atoms with Crippen LogP contribution in [0, 0.1) is 0 Å². The lowest BCUT2D eigenvalue weighted by Crippen LogP contribution is -2.00. The van der Waals surface area contributed by atoms with Gasteiger partial charge in [-0.25, -0.2) is 4.98 Å². The molecule has 6 heteroatoms. The second-order valence-electron chi connectivity index (χ2n) is 4.60. The Labute approximate surface area is 149 Å². The van der Waals surface area contributed by atoms with Gasteiger partial charge in [-0.15, -0.1) is 11.3 Å². The maximum absolute atomic E-state index is 5.76. The molecule has 1 heterocycles. The number of hydrogen-bond acceptors (Lipinski definition) is 5. The molecule has 0 fully saturated rings. The molecule has 3 aromatic rings. The van der Waals surface area contributed by atoms with Gasteiger partial charge in [0.25, 0.3) is 0 Å². The zero-order valence-electron chi connectivity index (χ0n) is 11.7. The Balaban J connectivity index is 1.70. The molecular weight excluding hydrogens is 429 g/mol. The standard InChI is InChI=1S/C16H14INO2S2/c17-22-20-10-4-9-19-13-7-8-14-15(11-13)21-16(18-14)12-5-2-1-3-6-12/h1-3,5-8,11H,4,9-10H2. The molecule has 114 valence electrons. The summed E-state index contributed by atoms with van der Waals surface area (Å²) in [6.07, 6.45) is 0.881. The van der Waals surface area contributed by atoms with Gasteiger partial charge in [-0.2, -0.15) is 0 Å². The fourth-order valence-electron chi connectivity index (χ4n) is 2.04. The highest BCUT2D eigenvalue weighted by Gasteiger charge is 2.07. The zero-order valence-corrected chi connectivity index (χ0v) is 15.5. The third-order valence-corrected chi connectivity index (χ3v) is 5.15. The van der Waals surface area contributed by atoms with Gasteiger partial charge in [-0.3, -0.25) is 0 Å². The third kappa shape index (κ3) is 4.13. The van der Waals surface area contributed by atoms with Crippen LogP contribution < -0.4 is 4.74 Å². The number of nitrogens with zero attached hydrogens (tertiary/aromatic N) is 1. The van der Waals surface area contributed by atoms with Crippen molar-refractivity contribution in [1.82, 2.24) is 4.98 Å². The number of thiazole rings is 1. The molecule has 2 aromatic carbocycles. The van der Waals surface area contributed by atoms with Gasteiger partial charge in [0.15, 0.2) is 0 Å². The van der Waals surface area contributed by atoms with Gasteiger partial charge < -0.3 is 8.92 Å². The molecule has 0 radical (unpaired) electrons. The molecule has 0 aliphatic rings. The molecule has 3 nitrogen and oxygen atoms in total. The first kappa shape index (κ1) is 16.0. The summed E-state index contributed by atoms with van der Waals surface area (Å²) in [5.41, 5.74) is 2.17. The normalized spacial score (nSPS) is 11.0. The maximum atomic E-state index is 5.76. The number of rotatable bonds is 7. The molecule has 0 bridgehead atoms. The van der Waals surface area contributed by atoms with Crippen molar-refractivity contribution in [3.05, 3.63) is 48.5 Å². The van der Waals surface area contributed by atoms with Crippen molar-refractivity contribution in [3.8, 4) is 16.3 Å². The summed E-state index contributed by atoms with van der Waals surface area (Å²) < 4.78 is 12.1.